The summed E-state index contributed by atoms with van der Waals surface area (Å²) in [6.07, 6.45) is 3.47. The molecular weight excluding hydrogens is 440 g/mol. The van der Waals surface area contributed by atoms with Crippen molar-refractivity contribution in [2.75, 3.05) is 18.6 Å². The molecule has 12 nitrogen and oxygen atoms in total. The van der Waals surface area contributed by atoms with Crippen LogP contribution >= 0.6 is 11.8 Å². The minimum Gasteiger partial charge on any atom is -0.480 e. The van der Waals surface area contributed by atoms with Crippen molar-refractivity contribution >= 4 is 41.4 Å². The Kier molecular flexibility index (Phi) is 15.1. The molecule has 0 radical (unpaired) electrons. The molecule has 0 aromatic carbocycles. The van der Waals surface area contributed by atoms with Gasteiger partial charge in [0.25, 0.3) is 0 Å². The zero-order valence-corrected chi connectivity index (χ0v) is 19.4. The van der Waals surface area contributed by atoms with Gasteiger partial charge in [-0.1, -0.05) is 0 Å². The number of nitrogens with two attached hydrogens (primary N) is 3. The number of carbonyl (C=O) groups excluding carboxylic acids is 4. The van der Waals surface area contributed by atoms with E-state index in [2.05, 4.69) is 16.0 Å². The number of hydrogen-bond acceptors (Lipinski definition) is 8. The van der Waals surface area contributed by atoms with Crippen LogP contribution in [0.15, 0.2) is 0 Å². The van der Waals surface area contributed by atoms with Crippen LogP contribution in [0.5, 0.6) is 0 Å². The van der Waals surface area contributed by atoms with E-state index in [9.17, 15) is 29.1 Å². The maximum Gasteiger partial charge on any atom is 0.326 e. The molecule has 0 aliphatic carbocycles. The van der Waals surface area contributed by atoms with Gasteiger partial charge in [-0.3, -0.25) is 19.2 Å². The molecule has 0 spiro atoms. The van der Waals surface area contributed by atoms with E-state index in [4.69, 9.17) is 17.2 Å². The number of rotatable bonds is 17. The van der Waals surface area contributed by atoms with Crippen molar-refractivity contribution in [2.45, 2.75) is 69.6 Å². The summed E-state index contributed by atoms with van der Waals surface area (Å²) in [6, 6.07) is -4.11. The molecule has 0 rings (SSSR count). The SMILES string of the molecule is CSCCC(N)C(=O)NC(CCCCN)C(=O)NC(C)C(=O)NC(CCC(N)=O)C(=O)O. The van der Waals surface area contributed by atoms with Gasteiger partial charge in [-0.05, 0) is 57.6 Å². The first-order valence-corrected chi connectivity index (χ1v) is 11.8. The molecule has 0 heterocycles. The third kappa shape index (κ3) is 12.5. The highest BCUT2D eigenvalue weighted by atomic mass is 32.2. The number of hydrogen-bond donors (Lipinski definition) is 7. The van der Waals surface area contributed by atoms with Crippen LogP contribution in [-0.4, -0.2) is 77.4 Å². The highest BCUT2D eigenvalue weighted by molar-refractivity contribution is 7.98. The number of aliphatic carboxylic acids is 1. The molecule has 13 heteroatoms. The van der Waals surface area contributed by atoms with Gasteiger partial charge < -0.3 is 38.3 Å². The maximum absolute atomic E-state index is 12.7. The zero-order chi connectivity index (χ0) is 24.7. The second kappa shape index (κ2) is 16.3. The predicted molar refractivity (Wildman–Crippen MR) is 121 cm³/mol. The van der Waals surface area contributed by atoms with Crippen molar-refractivity contribution in [3.8, 4) is 0 Å². The Bertz CT molecular complexity index is 650. The van der Waals surface area contributed by atoms with E-state index in [0.29, 0.717) is 38.0 Å². The number of primary amides is 1. The lowest BCUT2D eigenvalue weighted by atomic mass is 10.1. The fourth-order valence-electron chi connectivity index (χ4n) is 2.64. The average Bonchev–Trinajstić information content (AvgIpc) is 2.73. The number of amides is 4. The monoisotopic (exact) mass is 476 g/mol. The highest BCUT2D eigenvalue weighted by Crippen LogP contribution is 2.05. The first kappa shape index (κ1) is 29.6. The van der Waals surface area contributed by atoms with E-state index in [1.165, 1.54) is 6.92 Å². The summed E-state index contributed by atoms with van der Waals surface area (Å²) in [5.74, 6) is -3.15. The van der Waals surface area contributed by atoms with Crippen LogP contribution < -0.4 is 33.2 Å². The summed E-state index contributed by atoms with van der Waals surface area (Å²) in [5, 5.41) is 16.6. The van der Waals surface area contributed by atoms with E-state index in [-0.39, 0.29) is 12.8 Å². The van der Waals surface area contributed by atoms with E-state index in [0.717, 1.165) is 0 Å². The standard InChI is InChI=1S/C19H36N6O6S/c1-11(16(27)25-14(19(30)31)6-7-15(22)26)23-18(29)13(5-3-4-9-20)24-17(28)12(21)8-10-32-2/h11-14H,3-10,20-21H2,1-2H3,(H2,22,26)(H,23,29)(H,24,28)(H,25,27)(H,30,31). The predicted octanol–water partition coefficient (Wildman–Crippen LogP) is -1.98. The van der Waals surface area contributed by atoms with Gasteiger partial charge in [-0.2, -0.15) is 11.8 Å². The minimum atomic E-state index is -1.33. The second-order valence-electron chi connectivity index (χ2n) is 7.37. The largest absolute Gasteiger partial charge is 0.480 e. The van der Waals surface area contributed by atoms with Crippen LogP contribution in [0.3, 0.4) is 0 Å². The van der Waals surface area contributed by atoms with Gasteiger partial charge in [0.15, 0.2) is 0 Å². The van der Waals surface area contributed by atoms with Crippen LogP contribution in [0, 0.1) is 0 Å². The Morgan fingerprint density at radius 2 is 1.53 bits per heavy atom. The molecule has 0 bridgehead atoms. The van der Waals surface area contributed by atoms with E-state index < -0.39 is 53.8 Å². The third-order valence-electron chi connectivity index (χ3n) is 4.60. The number of nitrogens with one attached hydrogen (secondary N) is 3. The number of unbranched alkanes of at least 4 members (excludes halogenated alkanes) is 1. The van der Waals surface area contributed by atoms with Gasteiger partial charge in [0.05, 0.1) is 6.04 Å². The summed E-state index contributed by atoms with van der Waals surface area (Å²) in [5.41, 5.74) is 16.4. The van der Waals surface area contributed by atoms with Gasteiger partial charge in [0, 0.05) is 6.42 Å². The maximum atomic E-state index is 12.7. The number of carboxylic acid groups (broad SMARTS) is 1. The van der Waals surface area contributed by atoms with Gasteiger partial charge in [0.1, 0.15) is 18.1 Å². The lowest BCUT2D eigenvalue weighted by Crippen LogP contribution is -2.56. The molecule has 10 N–H and O–H groups in total. The summed E-state index contributed by atoms with van der Waals surface area (Å²) < 4.78 is 0. The summed E-state index contributed by atoms with van der Waals surface area (Å²) >= 11 is 1.55. The highest BCUT2D eigenvalue weighted by Gasteiger charge is 2.28. The number of thioether (sulfide) groups is 1. The van der Waals surface area contributed by atoms with E-state index >= 15 is 0 Å². The molecule has 184 valence electrons. The fourth-order valence-corrected chi connectivity index (χ4v) is 3.13. The Hall–Kier alpha value is -2.38. The van der Waals surface area contributed by atoms with Gasteiger partial charge in [-0.25, -0.2) is 4.79 Å². The van der Waals surface area contributed by atoms with Crippen LogP contribution in [0.4, 0.5) is 0 Å². The Labute approximate surface area is 192 Å². The second-order valence-corrected chi connectivity index (χ2v) is 8.35. The molecule has 0 aliphatic rings. The quantitative estimate of drug-likeness (QED) is 0.115. The molecule has 0 aliphatic heterocycles. The number of carbonyl (C=O) groups is 5. The van der Waals surface area contributed by atoms with Crippen molar-refractivity contribution in [2.24, 2.45) is 17.2 Å². The molecule has 0 aromatic rings. The fraction of sp³-hybridized carbons (Fsp3) is 0.737. The number of carboxylic acids is 1. The Balaban J connectivity index is 5.03. The molecule has 0 saturated carbocycles. The average molecular weight is 477 g/mol. The van der Waals surface area contributed by atoms with Crippen LogP contribution in [-0.2, 0) is 24.0 Å². The molecule has 4 amide bonds. The van der Waals surface area contributed by atoms with Crippen molar-refractivity contribution in [1.82, 2.24) is 16.0 Å². The summed E-state index contributed by atoms with van der Waals surface area (Å²) in [4.78, 5) is 59.5. The minimum absolute atomic E-state index is 0.178. The van der Waals surface area contributed by atoms with Crippen molar-refractivity contribution in [3.05, 3.63) is 0 Å². The first-order chi connectivity index (χ1) is 15.0. The smallest absolute Gasteiger partial charge is 0.326 e. The van der Waals surface area contributed by atoms with Crippen LogP contribution in [0.2, 0.25) is 0 Å². The van der Waals surface area contributed by atoms with Gasteiger partial charge in [0.2, 0.25) is 23.6 Å². The molecule has 4 unspecified atom stereocenters. The van der Waals surface area contributed by atoms with Crippen LogP contribution in [0.25, 0.3) is 0 Å². The lowest BCUT2D eigenvalue weighted by Gasteiger charge is -2.23. The molecule has 0 saturated heterocycles. The molecule has 0 aromatic heterocycles. The molecule has 32 heavy (non-hydrogen) atoms. The van der Waals surface area contributed by atoms with E-state index in [1.807, 2.05) is 6.26 Å². The Morgan fingerprint density at radius 1 is 0.906 bits per heavy atom. The van der Waals surface area contributed by atoms with Crippen molar-refractivity contribution in [3.63, 3.8) is 0 Å². The van der Waals surface area contributed by atoms with E-state index in [1.54, 1.807) is 11.8 Å². The van der Waals surface area contributed by atoms with Crippen molar-refractivity contribution in [1.29, 1.82) is 0 Å². The molecular formula is C19H36N6O6S. The van der Waals surface area contributed by atoms with Crippen molar-refractivity contribution < 1.29 is 29.1 Å². The molecule has 0 fully saturated rings. The Morgan fingerprint density at radius 3 is 2.06 bits per heavy atom. The van der Waals surface area contributed by atoms with Gasteiger partial charge in [-0.15, -0.1) is 0 Å². The van der Waals surface area contributed by atoms with Gasteiger partial charge >= 0.3 is 5.97 Å². The zero-order valence-electron chi connectivity index (χ0n) is 18.6. The lowest BCUT2D eigenvalue weighted by molar-refractivity contribution is -0.142. The summed E-state index contributed by atoms with van der Waals surface area (Å²) in [7, 11) is 0. The molecule has 4 atom stereocenters. The first-order valence-electron chi connectivity index (χ1n) is 10.4. The topological polar surface area (TPSA) is 220 Å². The third-order valence-corrected chi connectivity index (χ3v) is 5.24. The van der Waals surface area contributed by atoms with Crippen LogP contribution in [0.1, 0.15) is 45.4 Å². The normalized spacial score (nSPS) is 14.5. The summed E-state index contributed by atoms with van der Waals surface area (Å²) in [6.45, 7) is 1.80.